The van der Waals surface area contributed by atoms with Crippen LogP contribution in [0.1, 0.15) is 44.3 Å². The quantitative estimate of drug-likeness (QED) is 0.620. The molecule has 1 saturated heterocycles. The molecule has 0 N–H and O–H groups in total. The monoisotopic (exact) mass is 438 g/mol. The van der Waals surface area contributed by atoms with E-state index in [9.17, 15) is 14.0 Å². The minimum atomic E-state index is -1.13. The summed E-state index contributed by atoms with van der Waals surface area (Å²) in [5.41, 5.74) is 3.08. The van der Waals surface area contributed by atoms with Crippen molar-refractivity contribution in [2.75, 3.05) is 18.0 Å². The maximum absolute atomic E-state index is 14.3. The molecule has 2 aromatic heterocycles. The van der Waals surface area contributed by atoms with Crippen LogP contribution in [0.3, 0.4) is 0 Å². The number of nitrogens with zero attached hydrogens (tertiary/aromatic N) is 6. The van der Waals surface area contributed by atoms with Gasteiger partial charge in [-0.2, -0.15) is 0 Å². The molecule has 1 aromatic carbocycles. The molecule has 0 radical (unpaired) electrons. The zero-order valence-corrected chi connectivity index (χ0v) is 17.9. The number of para-hydroxylation sites is 1. The van der Waals surface area contributed by atoms with Gasteiger partial charge in [-0.25, -0.2) is 9.07 Å². The number of hydrogen-bond donors (Lipinski definition) is 0. The molecule has 4 heterocycles. The van der Waals surface area contributed by atoms with Gasteiger partial charge in [0, 0.05) is 18.7 Å². The molecule has 2 aliphatic heterocycles. The summed E-state index contributed by atoms with van der Waals surface area (Å²) in [6, 6.07) is 7.38. The van der Waals surface area contributed by atoms with Crippen LogP contribution in [0.25, 0.3) is 0 Å². The summed E-state index contributed by atoms with van der Waals surface area (Å²) in [7, 11) is 0. The zero-order chi connectivity index (χ0) is 22.4. The maximum atomic E-state index is 14.3. The van der Waals surface area contributed by atoms with E-state index in [1.54, 1.807) is 24.9 Å². The number of amides is 2. The number of benzene rings is 1. The van der Waals surface area contributed by atoms with Crippen LogP contribution in [0.2, 0.25) is 0 Å². The molecule has 5 rings (SSSR count). The molecule has 2 aliphatic rings. The van der Waals surface area contributed by atoms with Gasteiger partial charge in [0.25, 0.3) is 11.8 Å². The van der Waals surface area contributed by atoms with Gasteiger partial charge in [-0.05, 0) is 31.9 Å². The van der Waals surface area contributed by atoms with E-state index >= 15 is 0 Å². The number of halogens is 1. The number of carbonyl (C=O) groups is 2. The standard InChI is InChI=1S/C22H23FN6O3/c1-13-20(14(2)32-25-13)22(31)29-10-16(23)9-17(29)11-27-12-18(24-26-27)21(30)28-8-7-15-5-3-4-6-19(15)28/h3-6,12,16-17H,7-11H2,1-2H3. The zero-order valence-electron chi connectivity index (χ0n) is 17.9. The molecule has 9 nitrogen and oxygen atoms in total. The number of hydrogen-bond acceptors (Lipinski definition) is 6. The number of aromatic nitrogens is 4. The normalized spacial score (nSPS) is 20.1. The summed E-state index contributed by atoms with van der Waals surface area (Å²) >= 11 is 0. The third kappa shape index (κ3) is 3.45. The number of anilines is 1. The van der Waals surface area contributed by atoms with Gasteiger partial charge in [-0.15, -0.1) is 5.10 Å². The lowest BCUT2D eigenvalue weighted by atomic mass is 10.1. The topological polar surface area (TPSA) is 97.4 Å². The van der Waals surface area contributed by atoms with E-state index in [0.717, 1.165) is 17.7 Å². The summed E-state index contributed by atoms with van der Waals surface area (Å²) in [5.74, 6) is -0.121. The van der Waals surface area contributed by atoms with Crippen LogP contribution in [0.5, 0.6) is 0 Å². The van der Waals surface area contributed by atoms with Crippen molar-refractivity contribution in [1.82, 2.24) is 25.1 Å². The van der Waals surface area contributed by atoms with Crippen LogP contribution in [0.15, 0.2) is 35.0 Å². The Kier molecular flexibility index (Phi) is 4.99. The fourth-order valence-electron chi connectivity index (χ4n) is 4.60. The second-order valence-corrected chi connectivity index (χ2v) is 8.30. The van der Waals surface area contributed by atoms with Crippen molar-refractivity contribution in [3.63, 3.8) is 0 Å². The number of likely N-dealkylation sites (tertiary alicyclic amines) is 1. The van der Waals surface area contributed by atoms with Crippen molar-refractivity contribution in [2.24, 2.45) is 0 Å². The van der Waals surface area contributed by atoms with Gasteiger partial charge in [-0.3, -0.25) is 9.59 Å². The number of rotatable bonds is 4. The number of fused-ring (bicyclic) bond motifs is 1. The highest BCUT2D eigenvalue weighted by molar-refractivity contribution is 6.05. The molecule has 2 amide bonds. The Morgan fingerprint density at radius 1 is 1.22 bits per heavy atom. The van der Waals surface area contributed by atoms with Crippen LogP contribution < -0.4 is 4.90 Å². The van der Waals surface area contributed by atoms with E-state index in [1.165, 1.54) is 9.58 Å². The lowest BCUT2D eigenvalue weighted by molar-refractivity contribution is 0.0712. The minimum Gasteiger partial charge on any atom is -0.361 e. The summed E-state index contributed by atoms with van der Waals surface area (Å²) in [6.07, 6.45) is 1.43. The second kappa shape index (κ2) is 7.85. The smallest absolute Gasteiger partial charge is 0.280 e. The Labute approximate surface area is 183 Å². The summed E-state index contributed by atoms with van der Waals surface area (Å²) in [4.78, 5) is 29.2. The van der Waals surface area contributed by atoms with Crippen molar-refractivity contribution in [1.29, 1.82) is 0 Å². The second-order valence-electron chi connectivity index (χ2n) is 8.30. The Hall–Kier alpha value is -3.56. The summed E-state index contributed by atoms with van der Waals surface area (Å²) in [5, 5.41) is 11.9. The molecule has 3 aromatic rings. The average Bonchev–Trinajstić information content (AvgIpc) is 3.55. The minimum absolute atomic E-state index is 0.00138. The van der Waals surface area contributed by atoms with Crippen molar-refractivity contribution in [2.45, 2.75) is 45.4 Å². The van der Waals surface area contributed by atoms with E-state index in [-0.39, 0.29) is 37.0 Å². The number of aryl methyl sites for hydroxylation is 2. The van der Waals surface area contributed by atoms with E-state index in [0.29, 0.717) is 23.6 Å². The predicted octanol–water partition coefficient (Wildman–Crippen LogP) is 2.34. The first-order chi connectivity index (χ1) is 15.4. The Morgan fingerprint density at radius 3 is 2.81 bits per heavy atom. The molecule has 0 spiro atoms. The van der Waals surface area contributed by atoms with E-state index in [1.807, 2.05) is 24.3 Å². The van der Waals surface area contributed by atoms with Gasteiger partial charge in [-0.1, -0.05) is 28.6 Å². The lowest BCUT2D eigenvalue weighted by Crippen LogP contribution is -2.38. The van der Waals surface area contributed by atoms with E-state index < -0.39 is 12.2 Å². The first-order valence-corrected chi connectivity index (χ1v) is 10.6. The Bertz CT molecular complexity index is 1170. The van der Waals surface area contributed by atoms with E-state index in [4.69, 9.17) is 4.52 Å². The molecule has 1 fully saturated rings. The van der Waals surface area contributed by atoms with Crippen LogP contribution in [0.4, 0.5) is 10.1 Å². The van der Waals surface area contributed by atoms with Gasteiger partial charge in [0.15, 0.2) is 5.69 Å². The molecule has 0 saturated carbocycles. The van der Waals surface area contributed by atoms with Crippen LogP contribution in [-0.4, -0.2) is 62.2 Å². The first kappa shape index (κ1) is 20.3. The lowest BCUT2D eigenvalue weighted by Gasteiger charge is -2.24. The molecule has 32 heavy (non-hydrogen) atoms. The number of carbonyl (C=O) groups excluding carboxylic acids is 2. The maximum Gasteiger partial charge on any atom is 0.280 e. The predicted molar refractivity (Wildman–Crippen MR) is 112 cm³/mol. The van der Waals surface area contributed by atoms with Crippen molar-refractivity contribution < 1.29 is 18.5 Å². The fraction of sp³-hybridized carbons (Fsp3) is 0.409. The molecule has 2 atom stereocenters. The Balaban J connectivity index is 1.32. The van der Waals surface area contributed by atoms with Gasteiger partial charge in [0.05, 0.1) is 31.0 Å². The fourth-order valence-corrected chi connectivity index (χ4v) is 4.60. The largest absolute Gasteiger partial charge is 0.361 e. The molecular weight excluding hydrogens is 415 g/mol. The molecular formula is C22H23FN6O3. The molecule has 10 heteroatoms. The van der Waals surface area contributed by atoms with Gasteiger partial charge in [0.1, 0.15) is 17.5 Å². The van der Waals surface area contributed by atoms with Crippen molar-refractivity contribution >= 4 is 17.5 Å². The molecule has 2 unspecified atom stereocenters. The van der Waals surface area contributed by atoms with Gasteiger partial charge in [0.2, 0.25) is 0 Å². The van der Waals surface area contributed by atoms with Crippen LogP contribution >= 0.6 is 0 Å². The first-order valence-electron chi connectivity index (χ1n) is 10.6. The highest BCUT2D eigenvalue weighted by Gasteiger charge is 2.38. The van der Waals surface area contributed by atoms with Crippen LogP contribution in [-0.2, 0) is 13.0 Å². The summed E-state index contributed by atoms with van der Waals surface area (Å²) in [6.45, 7) is 4.19. The highest BCUT2D eigenvalue weighted by Crippen LogP contribution is 2.29. The third-order valence-corrected chi connectivity index (χ3v) is 6.16. The van der Waals surface area contributed by atoms with Crippen LogP contribution in [0, 0.1) is 13.8 Å². The Morgan fingerprint density at radius 2 is 2.03 bits per heavy atom. The van der Waals surface area contributed by atoms with E-state index in [2.05, 4.69) is 15.5 Å². The molecule has 0 aliphatic carbocycles. The third-order valence-electron chi connectivity index (χ3n) is 6.16. The average molecular weight is 438 g/mol. The highest BCUT2D eigenvalue weighted by atomic mass is 19.1. The number of alkyl halides is 1. The van der Waals surface area contributed by atoms with Crippen molar-refractivity contribution in [3.05, 3.63) is 58.7 Å². The van der Waals surface area contributed by atoms with Gasteiger partial charge >= 0.3 is 0 Å². The SMILES string of the molecule is Cc1noc(C)c1C(=O)N1CC(F)CC1Cn1cc(C(=O)N2CCc3ccccc32)nn1. The summed E-state index contributed by atoms with van der Waals surface area (Å²) < 4.78 is 20.9. The molecule has 166 valence electrons. The molecule has 0 bridgehead atoms. The van der Waals surface area contributed by atoms with Crippen molar-refractivity contribution in [3.8, 4) is 0 Å². The van der Waals surface area contributed by atoms with Gasteiger partial charge < -0.3 is 14.3 Å².